The second kappa shape index (κ2) is 10.8. The Morgan fingerprint density at radius 2 is 1.18 bits per heavy atom. The maximum absolute atomic E-state index is 2.55. The highest BCUT2D eigenvalue weighted by atomic mass is 14.5. The van der Waals surface area contributed by atoms with Gasteiger partial charge in [-0.3, -0.25) is 0 Å². The van der Waals surface area contributed by atoms with E-state index in [1.165, 1.54) is 104 Å². The van der Waals surface area contributed by atoms with E-state index in [1.807, 2.05) is 0 Å². The van der Waals surface area contributed by atoms with Crippen molar-refractivity contribution < 1.29 is 0 Å². The van der Waals surface area contributed by atoms with Crippen molar-refractivity contribution in [3.05, 3.63) is 225 Å². The summed E-state index contributed by atoms with van der Waals surface area (Å²) in [6.07, 6.45) is 12.1. The quantitative estimate of drug-likeness (QED) is 0.158. The summed E-state index contributed by atoms with van der Waals surface area (Å²) in [6, 6.07) is 60.1. The predicted molar refractivity (Wildman–Crippen MR) is 229 cm³/mol. The summed E-state index contributed by atoms with van der Waals surface area (Å²) in [5.41, 5.74) is 19.1. The molecule has 8 aromatic carbocycles. The number of allylic oxidation sites excluding steroid dienone is 4. The first kappa shape index (κ1) is 29.9. The van der Waals surface area contributed by atoms with Gasteiger partial charge >= 0.3 is 0 Å². The minimum Gasteiger partial charge on any atom is -0.0797 e. The van der Waals surface area contributed by atoms with Crippen molar-refractivity contribution in [2.75, 3.05) is 0 Å². The zero-order valence-electron chi connectivity index (χ0n) is 30.4. The molecule has 5 aliphatic rings. The van der Waals surface area contributed by atoms with Gasteiger partial charge in [-0.25, -0.2) is 0 Å². The Balaban J connectivity index is 1.04. The second-order valence-corrected chi connectivity index (χ2v) is 16.1. The average molecular weight is 697 g/mol. The Morgan fingerprint density at radius 3 is 2.07 bits per heavy atom. The van der Waals surface area contributed by atoms with E-state index in [9.17, 15) is 0 Å². The fourth-order valence-corrected chi connectivity index (χ4v) is 11.6. The molecule has 0 nitrogen and oxygen atoms in total. The number of hydrogen-bond acceptors (Lipinski definition) is 0. The van der Waals surface area contributed by atoms with E-state index in [2.05, 4.69) is 182 Å². The minimum absolute atomic E-state index is 0.265. The molecule has 55 heavy (non-hydrogen) atoms. The molecule has 3 unspecified atom stereocenters. The normalized spacial score (nSPS) is 20.4. The van der Waals surface area contributed by atoms with Crippen LogP contribution < -0.4 is 10.4 Å². The molecule has 3 atom stereocenters. The van der Waals surface area contributed by atoms with Crippen LogP contribution in [0.3, 0.4) is 0 Å². The molecular formula is C55H36. The van der Waals surface area contributed by atoms with Crippen LogP contribution in [0.4, 0.5) is 0 Å². The zero-order valence-corrected chi connectivity index (χ0v) is 30.4. The molecule has 5 aliphatic carbocycles. The summed E-state index contributed by atoms with van der Waals surface area (Å²) in [5, 5.41) is 8.27. The van der Waals surface area contributed by atoms with E-state index in [-0.39, 0.29) is 11.3 Å². The first-order chi connectivity index (χ1) is 27.3. The van der Waals surface area contributed by atoms with Gasteiger partial charge in [-0.2, -0.15) is 0 Å². The Kier molecular flexibility index (Phi) is 5.87. The highest BCUT2D eigenvalue weighted by Crippen LogP contribution is 2.62. The fourth-order valence-electron chi connectivity index (χ4n) is 11.6. The van der Waals surface area contributed by atoms with Crippen molar-refractivity contribution in [2.45, 2.75) is 24.2 Å². The molecule has 0 heterocycles. The van der Waals surface area contributed by atoms with Gasteiger partial charge in [0.1, 0.15) is 0 Å². The van der Waals surface area contributed by atoms with Gasteiger partial charge in [0.05, 0.1) is 5.41 Å². The van der Waals surface area contributed by atoms with Crippen LogP contribution >= 0.6 is 0 Å². The maximum atomic E-state index is 2.55. The average Bonchev–Trinajstić information content (AvgIpc) is 3.54. The second-order valence-electron chi connectivity index (χ2n) is 16.1. The van der Waals surface area contributed by atoms with Crippen LogP contribution in [0, 0.1) is 5.92 Å². The molecule has 0 aliphatic heterocycles. The molecule has 8 aromatic rings. The third kappa shape index (κ3) is 3.77. The van der Waals surface area contributed by atoms with E-state index in [0.29, 0.717) is 5.92 Å². The molecule has 0 aromatic heterocycles. The number of benzene rings is 8. The summed E-state index contributed by atoms with van der Waals surface area (Å²) in [7, 11) is 0. The Labute approximate surface area is 320 Å². The lowest BCUT2D eigenvalue weighted by Crippen LogP contribution is -2.40. The minimum atomic E-state index is -0.390. The lowest BCUT2D eigenvalue weighted by Gasteiger charge is -2.40. The van der Waals surface area contributed by atoms with Crippen LogP contribution in [0.1, 0.15) is 45.7 Å². The highest BCUT2D eigenvalue weighted by molar-refractivity contribution is 6.07. The van der Waals surface area contributed by atoms with Crippen LogP contribution in [-0.2, 0) is 11.8 Å². The molecule has 0 heteroatoms. The molecular weight excluding hydrogens is 661 g/mol. The largest absolute Gasteiger partial charge is 0.0797 e. The van der Waals surface area contributed by atoms with E-state index in [0.717, 1.165) is 12.8 Å². The van der Waals surface area contributed by atoms with E-state index in [1.54, 1.807) is 5.57 Å². The van der Waals surface area contributed by atoms with E-state index in [4.69, 9.17) is 0 Å². The predicted octanol–water partition coefficient (Wildman–Crippen LogP) is 11.8. The third-order valence-electron chi connectivity index (χ3n) is 13.7. The first-order valence-corrected chi connectivity index (χ1v) is 19.9. The maximum Gasteiger partial charge on any atom is 0.0725 e. The van der Waals surface area contributed by atoms with Gasteiger partial charge in [-0.15, -0.1) is 0 Å². The monoisotopic (exact) mass is 696 g/mol. The summed E-state index contributed by atoms with van der Waals surface area (Å²) < 4.78 is 0. The SMILES string of the molecule is C1=CC(c2cccc3ccccc23)C2=CCc3ccc(-c4ccc5c(c4)-c4ccccc4C54c5ccccc5-c5cccc6cccc4c56)c4c3=C2C1CC=4. The molecule has 13 rings (SSSR count). The Bertz CT molecular complexity index is 3210. The van der Waals surface area contributed by atoms with Crippen LogP contribution in [0.25, 0.3) is 66.6 Å². The number of hydrogen-bond donors (Lipinski definition) is 0. The molecule has 0 radical (unpaired) electrons. The standard InChI is InChI=1S/C55H36/c1-2-14-38-33(10-1)11-7-17-40(38)41-28-23-36-24-29-45-39(27-22-35-25-30-46(41)54(36)53(35)45)37-26-31-50-47(32-37)43-16-4-6-20-49(43)55(50)48-19-5-3-15-42(48)44-18-8-12-34-13-9-21-51(55)52(34)44/h1-23,26-32,36,41H,24-25H2. The molecule has 0 saturated heterocycles. The van der Waals surface area contributed by atoms with Crippen molar-refractivity contribution in [1.29, 1.82) is 0 Å². The van der Waals surface area contributed by atoms with Crippen molar-refractivity contribution in [2.24, 2.45) is 5.92 Å². The molecule has 0 N–H and O–H groups in total. The van der Waals surface area contributed by atoms with E-state index < -0.39 is 0 Å². The van der Waals surface area contributed by atoms with Crippen molar-refractivity contribution >= 4 is 33.2 Å². The highest BCUT2D eigenvalue weighted by Gasteiger charge is 2.50. The van der Waals surface area contributed by atoms with Crippen molar-refractivity contribution in [3.8, 4) is 33.4 Å². The lowest BCUT2D eigenvalue weighted by atomic mass is 9.61. The first-order valence-electron chi connectivity index (χ1n) is 19.9. The van der Waals surface area contributed by atoms with E-state index >= 15 is 0 Å². The summed E-state index contributed by atoms with van der Waals surface area (Å²) >= 11 is 0. The van der Waals surface area contributed by atoms with Gasteiger partial charge in [-0.05, 0) is 129 Å². The van der Waals surface area contributed by atoms with Crippen LogP contribution in [0.2, 0.25) is 0 Å². The molecule has 0 amide bonds. The van der Waals surface area contributed by atoms with Gasteiger partial charge in [0, 0.05) is 11.8 Å². The third-order valence-corrected chi connectivity index (χ3v) is 13.7. The van der Waals surface area contributed by atoms with Crippen molar-refractivity contribution in [3.63, 3.8) is 0 Å². The summed E-state index contributed by atoms with van der Waals surface area (Å²) in [6.45, 7) is 0. The lowest BCUT2D eigenvalue weighted by molar-refractivity contribution is 0.773. The topological polar surface area (TPSA) is 0 Å². The summed E-state index contributed by atoms with van der Waals surface area (Å²) in [5.74, 6) is 0.684. The number of fused-ring (bicyclic) bond motifs is 10. The van der Waals surface area contributed by atoms with Crippen LogP contribution in [0.15, 0.2) is 182 Å². The van der Waals surface area contributed by atoms with Crippen molar-refractivity contribution in [1.82, 2.24) is 0 Å². The Morgan fingerprint density at radius 1 is 0.491 bits per heavy atom. The van der Waals surface area contributed by atoms with Gasteiger partial charge in [0.25, 0.3) is 0 Å². The van der Waals surface area contributed by atoms with Gasteiger partial charge < -0.3 is 0 Å². The van der Waals surface area contributed by atoms with Gasteiger partial charge in [0.2, 0.25) is 0 Å². The molecule has 0 bridgehead atoms. The fraction of sp³-hybridized carbons (Fsp3) is 0.0909. The molecule has 0 fully saturated rings. The Hall–Kier alpha value is -6.50. The van der Waals surface area contributed by atoms with Gasteiger partial charge in [0.15, 0.2) is 0 Å². The summed E-state index contributed by atoms with van der Waals surface area (Å²) in [4.78, 5) is 0. The molecule has 1 spiro atoms. The number of rotatable bonds is 2. The molecule has 256 valence electrons. The van der Waals surface area contributed by atoms with Gasteiger partial charge in [-0.1, -0.05) is 176 Å². The molecule has 0 saturated carbocycles. The van der Waals surface area contributed by atoms with Crippen LogP contribution in [-0.4, -0.2) is 0 Å². The van der Waals surface area contributed by atoms with Crippen LogP contribution in [0.5, 0.6) is 0 Å². The zero-order chi connectivity index (χ0) is 35.8. The smallest absolute Gasteiger partial charge is 0.0725 e.